The summed E-state index contributed by atoms with van der Waals surface area (Å²) in [6, 6.07) is 12.6. The maximum absolute atomic E-state index is 12.8. The largest absolute Gasteiger partial charge is 0.339 e. The summed E-state index contributed by atoms with van der Waals surface area (Å²) in [5.74, 6) is 0.596. The number of carbonyl (C=O) groups excluding carboxylic acids is 1. The Labute approximate surface area is 169 Å². The van der Waals surface area contributed by atoms with Gasteiger partial charge in [0.05, 0.1) is 27.4 Å². The molecule has 5 nitrogen and oxygen atoms in total. The fourth-order valence-corrected chi connectivity index (χ4v) is 5.02. The molecule has 28 heavy (non-hydrogen) atoms. The number of piperidine rings is 1. The van der Waals surface area contributed by atoms with E-state index < -0.39 is 0 Å². The Morgan fingerprint density at radius 2 is 2.18 bits per heavy atom. The lowest BCUT2D eigenvalue weighted by atomic mass is 10.0. The third-order valence-electron chi connectivity index (χ3n) is 5.58. The van der Waals surface area contributed by atoms with Gasteiger partial charge in [-0.1, -0.05) is 30.8 Å². The molecule has 0 saturated carbocycles. The van der Waals surface area contributed by atoms with E-state index >= 15 is 0 Å². The first-order valence-corrected chi connectivity index (χ1v) is 10.9. The molecule has 0 N–H and O–H groups in total. The summed E-state index contributed by atoms with van der Waals surface area (Å²) in [6.45, 7) is 5.04. The molecule has 1 amide bonds. The molecule has 1 atom stereocenters. The highest BCUT2D eigenvalue weighted by Crippen LogP contribution is 2.30. The maximum Gasteiger partial charge on any atom is 0.233 e. The molecule has 2 aromatic heterocycles. The number of aryl methyl sites for hydroxylation is 1. The van der Waals surface area contributed by atoms with Gasteiger partial charge >= 0.3 is 0 Å². The van der Waals surface area contributed by atoms with Gasteiger partial charge in [0.1, 0.15) is 6.07 Å². The third kappa shape index (κ3) is 3.24. The number of para-hydroxylation sites is 2. The molecule has 1 aliphatic rings. The topological polar surface area (TPSA) is 61.4 Å². The molecular formula is C22H24N4OS. The Bertz CT molecular complexity index is 1080. The predicted octanol–water partition coefficient (Wildman–Crippen LogP) is 4.41. The molecule has 144 valence electrons. The lowest BCUT2D eigenvalue weighted by Gasteiger charge is -2.33. The van der Waals surface area contributed by atoms with E-state index in [9.17, 15) is 10.1 Å². The molecular weight excluding hydrogens is 368 g/mol. The number of fused-ring (bicyclic) bond motifs is 3. The zero-order valence-electron chi connectivity index (χ0n) is 16.3. The number of likely N-dealkylation sites (tertiary alicyclic amines) is 1. The van der Waals surface area contributed by atoms with Crippen molar-refractivity contribution in [3.8, 4) is 6.07 Å². The number of carbonyl (C=O) groups is 1. The van der Waals surface area contributed by atoms with E-state index in [2.05, 4.69) is 19.1 Å². The van der Waals surface area contributed by atoms with Gasteiger partial charge in [0, 0.05) is 12.6 Å². The molecule has 4 rings (SSSR count). The summed E-state index contributed by atoms with van der Waals surface area (Å²) >= 11 is 1.54. The zero-order valence-corrected chi connectivity index (χ0v) is 17.1. The van der Waals surface area contributed by atoms with Crippen molar-refractivity contribution in [1.82, 2.24) is 14.3 Å². The first-order chi connectivity index (χ1) is 13.6. The van der Waals surface area contributed by atoms with Crippen LogP contribution >= 0.6 is 11.8 Å². The molecule has 0 spiro atoms. The minimum Gasteiger partial charge on any atom is -0.339 e. The van der Waals surface area contributed by atoms with Crippen LogP contribution in [-0.2, 0) is 11.2 Å². The monoisotopic (exact) mass is 392 g/mol. The van der Waals surface area contributed by atoms with Crippen molar-refractivity contribution in [2.75, 3.05) is 12.3 Å². The highest BCUT2D eigenvalue weighted by molar-refractivity contribution is 7.99. The van der Waals surface area contributed by atoms with Crippen LogP contribution in [0.25, 0.3) is 16.7 Å². The van der Waals surface area contributed by atoms with Crippen molar-refractivity contribution in [1.29, 1.82) is 5.26 Å². The number of imidazole rings is 1. The lowest BCUT2D eigenvalue weighted by molar-refractivity contribution is -0.131. The molecule has 1 fully saturated rings. The van der Waals surface area contributed by atoms with Crippen molar-refractivity contribution < 1.29 is 4.79 Å². The molecule has 3 aromatic rings. The number of pyridine rings is 1. The zero-order chi connectivity index (χ0) is 19.7. The van der Waals surface area contributed by atoms with E-state index in [1.807, 2.05) is 40.5 Å². The van der Waals surface area contributed by atoms with Gasteiger partial charge in [-0.25, -0.2) is 4.98 Å². The average molecular weight is 393 g/mol. The van der Waals surface area contributed by atoms with Gasteiger partial charge in [-0.2, -0.15) is 5.26 Å². The van der Waals surface area contributed by atoms with Gasteiger partial charge < -0.3 is 4.90 Å². The highest BCUT2D eigenvalue weighted by Gasteiger charge is 2.24. The predicted molar refractivity (Wildman–Crippen MR) is 113 cm³/mol. The first kappa shape index (κ1) is 18.8. The standard InChI is InChI=1S/C22H24N4OS/c1-3-16-12-21(28-14-20(27)25-11-7-6-8-15(25)2)26-19-10-5-4-9-18(19)24-22(26)17(16)13-23/h4-5,9-10,12,15H,3,6-8,11,14H2,1-2H3/t15-/m0/s1. The van der Waals surface area contributed by atoms with Crippen LogP contribution in [0.1, 0.15) is 44.2 Å². The number of benzene rings is 1. The van der Waals surface area contributed by atoms with E-state index in [1.165, 1.54) is 6.42 Å². The van der Waals surface area contributed by atoms with Gasteiger partial charge in [0.25, 0.3) is 0 Å². The molecule has 6 heteroatoms. The normalized spacial score (nSPS) is 17.2. The van der Waals surface area contributed by atoms with Crippen LogP contribution < -0.4 is 0 Å². The molecule has 1 aliphatic heterocycles. The fraction of sp³-hybridized carbons (Fsp3) is 0.409. The number of hydrogen-bond acceptors (Lipinski definition) is 4. The van der Waals surface area contributed by atoms with E-state index in [1.54, 1.807) is 11.8 Å². The minimum absolute atomic E-state index is 0.192. The van der Waals surface area contributed by atoms with Crippen molar-refractivity contribution >= 4 is 34.3 Å². The smallest absolute Gasteiger partial charge is 0.233 e. The van der Waals surface area contributed by atoms with Crippen LogP contribution in [0.4, 0.5) is 0 Å². The molecule has 0 aliphatic carbocycles. The van der Waals surface area contributed by atoms with Crippen LogP contribution in [-0.4, -0.2) is 38.5 Å². The number of thioether (sulfide) groups is 1. The first-order valence-electron chi connectivity index (χ1n) is 9.89. The Hall–Kier alpha value is -2.52. The second-order valence-electron chi connectivity index (χ2n) is 7.33. The van der Waals surface area contributed by atoms with Crippen LogP contribution in [0.3, 0.4) is 0 Å². The second-order valence-corrected chi connectivity index (χ2v) is 8.32. The Balaban J connectivity index is 1.74. The maximum atomic E-state index is 12.8. The summed E-state index contributed by atoms with van der Waals surface area (Å²) in [4.78, 5) is 19.6. The number of nitrogens with zero attached hydrogens (tertiary/aromatic N) is 4. The second kappa shape index (κ2) is 7.84. The summed E-state index contributed by atoms with van der Waals surface area (Å²) in [5, 5.41) is 10.7. The van der Waals surface area contributed by atoms with Crippen molar-refractivity contribution in [2.24, 2.45) is 0 Å². The van der Waals surface area contributed by atoms with E-state index in [4.69, 9.17) is 4.98 Å². The number of aromatic nitrogens is 2. The Morgan fingerprint density at radius 3 is 2.93 bits per heavy atom. The summed E-state index contributed by atoms with van der Waals surface area (Å²) < 4.78 is 2.03. The number of amides is 1. The molecule has 0 bridgehead atoms. The van der Waals surface area contributed by atoms with E-state index in [0.717, 1.165) is 47.4 Å². The van der Waals surface area contributed by atoms with Crippen LogP contribution in [0.15, 0.2) is 35.4 Å². The van der Waals surface area contributed by atoms with Crippen LogP contribution in [0, 0.1) is 11.3 Å². The van der Waals surface area contributed by atoms with Crippen LogP contribution in [0.5, 0.6) is 0 Å². The van der Waals surface area contributed by atoms with Gasteiger partial charge in [0.2, 0.25) is 5.91 Å². The Kier molecular flexibility index (Phi) is 5.27. The molecule has 1 aromatic carbocycles. The SMILES string of the molecule is CCc1cc(SCC(=O)N2CCCC[C@@H]2C)n2c(nc3ccccc32)c1C#N. The third-order valence-corrected chi connectivity index (χ3v) is 6.57. The van der Waals surface area contributed by atoms with Crippen molar-refractivity contribution in [3.63, 3.8) is 0 Å². The number of rotatable bonds is 4. The lowest BCUT2D eigenvalue weighted by Crippen LogP contribution is -2.42. The van der Waals surface area contributed by atoms with Gasteiger partial charge in [-0.15, -0.1) is 0 Å². The Morgan fingerprint density at radius 1 is 1.36 bits per heavy atom. The number of nitriles is 1. The summed E-state index contributed by atoms with van der Waals surface area (Å²) in [6.07, 6.45) is 4.14. The quantitative estimate of drug-likeness (QED) is 0.617. The fourth-order valence-electron chi connectivity index (χ4n) is 4.04. The van der Waals surface area contributed by atoms with Gasteiger partial charge in [-0.05, 0) is 56.4 Å². The number of hydrogen-bond donors (Lipinski definition) is 0. The molecule has 0 unspecified atom stereocenters. The van der Waals surface area contributed by atoms with Gasteiger partial charge in [-0.3, -0.25) is 9.20 Å². The minimum atomic E-state index is 0.192. The summed E-state index contributed by atoms with van der Waals surface area (Å²) in [7, 11) is 0. The highest BCUT2D eigenvalue weighted by atomic mass is 32.2. The average Bonchev–Trinajstić information content (AvgIpc) is 3.11. The van der Waals surface area contributed by atoms with Crippen molar-refractivity contribution in [2.45, 2.75) is 50.6 Å². The van der Waals surface area contributed by atoms with Crippen LogP contribution in [0.2, 0.25) is 0 Å². The van der Waals surface area contributed by atoms with E-state index in [-0.39, 0.29) is 5.91 Å². The molecule has 3 heterocycles. The van der Waals surface area contributed by atoms with E-state index in [0.29, 0.717) is 23.0 Å². The molecule has 0 radical (unpaired) electrons. The molecule has 1 saturated heterocycles. The van der Waals surface area contributed by atoms with Gasteiger partial charge in [0.15, 0.2) is 5.65 Å². The van der Waals surface area contributed by atoms with Crippen molar-refractivity contribution in [3.05, 3.63) is 41.5 Å². The summed E-state index contributed by atoms with van der Waals surface area (Å²) in [5.41, 5.74) is 4.12.